The Morgan fingerprint density at radius 3 is 2.52 bits per heavy atom. The van der Waals surface area contributed by atoms with E-state index >= 15 is 0 Å². The van der Waals surface area contributed by atoms with E-state index in [1.165, 1.54) is 5.56 Å². The number of rotatable bonds is 2. The third-order valence-electron chi connectivity index (χ3n) is 3.53. The number of aromatic nitrogens is 3. The van der Waals surface area contributed by atoms with Gasteiger partial charge in [-0.05, 0) is 36.1 Å². The van der Waals surface area contributed by atoms with Gasteiger partial charge in [-0.1, -0.05) is 39.0 Å². The standard InChI is InChI=1S/C18H21N3/c1-13-8-5-6-10-15(13)21-16(12-18(2,3)4)20-14-9-7-11-19-17(14)21/h5-11H,12H2,1-4H3. The van der Waals surface area contributed by atoms with E-state index in [4.69, 9.17) is 4.98 Å². The average Bonchev–Trinajstić information content (AvgIpc) is 2.75. The van der Waals surface area contributed by atoms with Crippen molar-refractivity contribution in [1.82, 2.24) is 14.5 Å². The molecule has 0 unspecified atom stereocenters. The predicted octanol–water partition coefficient (Wildman–Crippen LogP) is 4.32. The quantitative estimate of drug-likeness (QED) is 0.699. The van der Waals surface area contributed by atoms with E-state index in [9.17, 15) is 0 Å². The first-order valence-corrected chi connectivity index (χ1v) is 7.34. The fourth-order valence-electron chi connectivity index (χ4n) is 2.62. The zero-order chi connectivity index (χ0) is 15.0. The van der Waals surface area contributed by atoms with Crippen LogP contribution in [0.4, 0.5) is 0 Å². The van der Waals surface area contributed by atoms with Crippen LogP contribution < -0.4 is 0 Å². The molecule has 0 aliphatic heterocycles. The zero-order valence-electron chi connectivity index (χ0n) is 13.1. The highest BCUT2D eigenvalue weighted by Crippen LogP contribution is 2.27. The molecule has 0 aliphatic rings. The smallest absolute Gasteiger partial charge is 0.164 e. The van der Waals surface area contributed by atoms with Crippen molar-refractivity contribution in [1.29, 1.82) is 0 Å². The highest BCUT2D eigenvalue weighted by molar-refractivity contribution is 5.74. The van der Waals surface area contributed by atoms with E-state index < -0.39 is 0 Å². The fraction of sp³-hybridized carbons (Fsp3) is 0.333. The number of nitrogens with zero attached hydrogens (tertiary/aromatic N) is 3. The molecule has 0 bridgehead atoms. The molecule has 108 valence electrons. The molecule has 3 aromatic rings. The Bertz CT molecular complexity index is 779. The third kappa shape index (κ3) is 2.68. The van der Waals surface area contributed by atoms with Gasteiger partial charge in [-0.25, -0.2) is 9.97 Å². The van der Waals surface area contributed by atoms with Gasteiger partial charge in [-0.3, -0.25) is 4.57 Å². The number of benzene rings is 1. The van der Waals surface area contributed by atoms with Gasteiger partial charge in [0.1, 0.15) is 11.3 Å². The van der Waals surface area contributed by atoms with Crippen molar-refractivity contribution in [3.63, 3.8) is 0 Å². The van der Waals surface area contributed by atoms with Crippen molar-refractivity contribution in [3.8, 4) is 5.69 Å². The lowest BCUT2D eigenvalue weighted by Gasteiger charge is -2.19. The predicted molar refractivity (Wildman–Crippen MR) is 86.8 cm³/mol. The number of fused-ring (bicyclic) bond motifs is 1. The molecule has 0 N–H and O–H groups in total. The normalized spacial score (nSPS) is 12.0. The first-order valence-electron chi connectivity index (χ1n) is 7.34. The van der Waals surface area contributed by atoms with Crippen LogP contribution in [0.15, 0.2) is 42.6 Å². The Hall–Kier alpha value is -2.16. The number of pyridine rings is 1. The summed E-state index contributed by atoms with van der Waals surface area (Å²) >= 11 is 0. The minimum absolute atomic E-state index is 0.182. The van der Waals surface area contributed by atoms with Crippen molar-refractivity contribution >= 4 is 11.2 Å². The lowest BCUT2D eigenvalue weighted by Crippen LogP contribution is -2.14. The van der Waals surface area contributed by atoms with Crippen LogP contribution in [0, 0.1) is 12.3 Å². The van der Waals surface area contributed by atoms with E-state index in [1.807, 2.05) is 18.3 Å². The summed E-state index contributed by atoms with van der Waals surface area (Å²) in [6.45, 7) is 8.84. The maximum absolute atomic E-state index is 4.82. The molecule has 0 saturated heterocycles. The van der Waals surface area contributed by atoms with Gasteiger partial charge < -0.3 is 0 Å². The fourth-order valence-corrected chi connectivity index (χ4v) is 2.62. The van der Waals surface area contributed by atoms with Crippen molar-refractivity contribution in [2.45, 2.75) is 34.1 Å². The highest BCUT2D eigenvalue weighted by atomic mass is 15.1. The minimum atomic E-state index is 0.182. The molecule has 3 nitrogen and oxygen atoms in total. The molecule has 1 aromatic carbocycles. The van der Waals surface area contributed by atoms with Gasteiger partial charge >= 0.3 is 0 Å². The zero-order valence-corrected chi connectivity index (χ0v) is 13.1. The third-order valence-corrected chi connectivity index (χ3v) is 3.53. The Morgan fingerprint density at radius 1 is 1.05 bits per heavy atom. The summed E-state index contributed by atoms with van der Waals surface area (Å²) in [7, 11) is 0. The summed E-state index contributed by atoms with van der Waals surface area (Å²) in [6, 6.07) is 12.4. The van der Waals surface area contributed by atoms with Crippen molar-refractivity contribution in [3.05, 3.63) is 54.0 Å². The molecule has 3 heteroatoms. The van der Waals surface area contributed by atoms with Crippen LogP contribution in [0.2, 0.25) is 0 Å². The summed E-state index contributed by atoms with van der Waals surface area (Å²) < 4.78 is 2.20. The lowest BCUT2D eigenvalue weighted by atomic mass is 9.92. The van der Waals surface area contributed by atoms with Gasteiger partial charge in [0, 0.05) is 12.6 Å². The van der Waals surface area contributed by atoms with Gasteiger partial charge in [0.15, 0.2) is 5.65 Å². The summed E-state index contributed by atoms with van der Waals surface area (Å²) in [6.07, 6.45) is 2.75. The first kappa shape index (κ1) is 13.8. The van der Waals surface area contributed by atoms with E-state index in [0.29, 0.717) is 0 Å². The van der Waals surface area contributed by atoms with E-state index in [2.05, 4.69) is 61.5 Å². The SMILES string of the molecule is Cc1ccccc1-n1c(CC(C)(C)C)nc2cccnc21. The Balaban J connectivity index is 2.28. The van der Waals surface area contributed by atoms with Crippen LogP contribution in [0.1, 0.15) is 32.2 Å². The van der Waals surface area contributed by atoms with E-state index in [1.54, 1.807) is 0 Å². The summed E-state index contributed by atoms with van der Waals surface area (Å²) in [4.78, 5) is 9.37. The molecule has 2 heterocycles. The van der Waals surface area contributed by atoms with Gasteiger partial charge in [0.2, 0.25) is 0 Å². The minimum Gasteiger partial charge on any atom is -0.280 e. The molecule has 2 aromatic heterocycles. The topological polar surface area (TPSA) is 30.7 Å². The number of hydrogen-bond donors (Lipinski definition) is 0. The van der Waals surface area contributed by atoms with Crippen molar-refractivity contribution < 1.29 is 0 Å². The molecule has 3 rings (SSSR count). The number of imidazole rings is 1. The van der Waals surface area contributed by atoms with Gasteiger partial charge in [0.05, 0.1) is 5.69 Å². The molecule has 0 fully saturated rings. The van der Waals surface area contributed by atoms with Crippen LogP contribution in [0.25, 0.3) is 16.9 Å². The molecule has 0 radical (unpaired) electrons. The largest absolute Gasteiger partial charge is 0.280 e. The molecular formula is C18H21N3. The second kappa shape index (κ2) is 4.99. The number of para-hydroxylation sites is 1. The molecule has 0 atom stereocenters. The molecule has 0 amide bonds. The van der Waals surface area contributed by atoms with Crippen molar-refractivity contribution in [2.24, 2.45) is 5.41 Å². The summed E-state index contributed by atoms with van der Waals surface area (Å²) in [5.41, 5.74) is 4.48. The molecule has 21 heavy (non-hydrogen) atoms. The van der Waals surface area contributed by atoms with Crippen LogP contribution >= 0.6 is 0 Å². The first-order chi connectivity index (χ1) is 9.96. The average molecular weight is 279 g/mol. The van der Waals surface area contributed by atoms with E-state index in [0.717, 1.165) is 29.1 Å². The van der Waals surface area contributed by atoms with Gasteiger partial charge in [0.25, 0.3) is 0 Å². The summed E-state index contributed by atoms with van der Waals surface area (Å²) in [5.74, 6) is 1.07. The molecular weight excluding hydrogens is 258 g/mol. The molecule has 0 aliphatic carbocycles. The lowest BCUT2D eigenvalue weighted by molar-refractivity contribution is 0.399. The van der Waals surface area contributed by atoms with Crippen LogP contribution in [0.3, 0.4) is 0 Å². The second-order valence-electron chi connectivity index (χ2n) is 6.73. The van der Waals surface area contributed by atoms with Crippen LogP contribution in [-0.2, 0) is 6.42 Å². The van der Waals surface area contributed by atoms with Crippen LogP contribution in [0.5, 0.6) is 0 Å². The monoisotopic (exact) mass is 279 g/mol. The number of hydrogen-bond acceptors (Lipinski definition) is 2. The summed E-state index contributed by atoms with van der Waals surface area (Å²) in [5, 5.41) is 0. The maximum Gasteiger partial charge on any atom is 0.164 e. The highest BCUT2D eigenvalue weighted by Gasteiger charge is 2.20. The number of aryl methyl sites for hydroxylation is 1. The van der Waals surface area contributed by atoms with Crippen molar-refractivity contribution in [2.75, 3.05) is 0 Å². The maximum atomic E-state index is 4.82. The Morgan fingerprint density at radius 2 is 1.81 bits per heavy atom. The van der Waals surface area contributed by atoms with Gasteiger partial charge in [-0.15, -0.1) is 0 Å². The second-order valence-corrected chi connectivity index (χ2v) is 6.73. The Labute approximate surface area is 125 Å². The van der Waals surface area contributed by atoms with Gasteiger partial charge in [-0.2, -0.15) is 0 Å². The molecule has 0 saturated carbocycles. The van der Waals surface area contributed by atoms with E-state index in [-0.39, 0.29) is 5.41 Å². The molecule has 0 spiro atoms. The Kier molecular flexibility index (Phi) is 3.28. The van der Waals surface area contributed by atoms with Crippen LogP contribution in [-0.4, -0.2) is 14.5 Å².